The lowest BCUT2D eigenvalue weighted by molar-refractivity contribution is 0.0950. The van der Waals surface area contributed by atoms with Crippen molar-refractivity contribution in [2.75, 3.05) is 11.4 Å². The maximum Gasteiger partial charge on any atom is 0.286 e. The second kappa shape index (κ2) is 7.48. The molecular weight excluding hydrogens is 364 g/mol. The van der Waals surface area contributed by atoms with E-state index in [1.165, 1.54) is 6.07 Å². The molecule has 1 aromatic carbocycles. The summed E-state index contributed by atoms with van der Waals surface area (Å²) in [5, 5.41) is 2.78. The number of anilines is 1. The predicted octanol–water partition coefficient (Wildman–Crippen LogP) is 2.59. The highest BCUT2D eigenvalue weighted by Gasteiger charge is 2.30. The van der Waals surface area contributed by atoms with E-state index in [-0.39, 0.29) is 16.4 Å². The van der Waals surface area contributed by atoms with Crippen molar-refractivity contribution in [3.05, 3.63) is 53.9 Å². The van der Waals surface area contributed by atoms with Crippen LogP contribution in [0.4, 0.5) is 5.69 Å². The Morgan fingerprint density at radius 1 is 1.26 bits per heavy atom. The van der Waals surface area contributed by atoms with Crippen LogP contribution >= 0.6 is 0 Å². The fraction of sp³-hybridized carbons (Fsp3) is 0.316. The first-order valence-electron chi connectivity index (χ1n) is 8.68. The molecule has 0 saturated heterocycles. The van der Waals surface area contributed by atoms with Gasteiger partial charge in [0, 0.05) is 31.0 Å². The Hall–Kier alpha value is -2.74. The monoisotopic (exact) mass is 386 g/mol. The number of pyridine rings is 1. The van der Waals surface area contributed by atoms with Crippen LogP contribution in [0.25, 0.3) is 0 Å². The zero-order valence-corrected chi connectivity index (χ0v) is 16.3. The van der Waals surface area contributed by atoms with Gasteiger partial charge < -0.3 is 10.2 Å². The van der Waals surface area contributed by atoms with Crippen LogP contribution in [0.15, 0.2) is 52.0 Å². The molecule has 3 rings (SSSR count). The second-order valence-corrected chi connectivity index (χ2v) is 8.42. The summed E-state index contributed by atoms with van der Waals surface area (Å²) in [6.07, 6.45) is 3.32. The first-order valence-corrected chi connectivity index (χ1v) is 10.1. The van der Waals surface area contributed by atoms with Gasteiger partial charge in [0.15, 0.2) is 0 Å². The molecule has 2 aromatic rings. The summed E-state index contributed by atoms with van der Waals surface area (Å²) >= 11 is 0. The first kappa shape index (κ1) is 19.0. The summed E-state index contributed by atoms with van der Waals surface area (Å²) < 4.78 is 28.9. The molecule has 0 bridgehead atoms. The van der Waals surface area contributed by atoms with Gasteiger partial charge in [-0.1, -0.05) is 19.9 Å². The number of hydrogen-bond acceptors (Lipinski definition) is 5. The molecule has 0 saturated carbocycles. The van der Waals surface area contributed by atoms with Crippen LogP contribution in [-0.2, 0) is 16.6 Å². The third kappa shape index (κ3) is 4.16. The fourth-order valence-corrected chi connectivity index (χ4v) is 4.18. The molecule has 0 fully saturated rings. The molecular formula is C19H22N4O3S. The van der Waals surface area contributed by atoms with Gasteiger partial charge in [-0.05, 0) is 42.7 Å². The van der Waals surface area contributed by atoms with Crippen molar-refractivity contribution in [1.82, 2.24) is 10.3 Å². The molecule has 1 amide bonds. The van der Waals surface area contributed by atoms with Crippen LogP contribution < -0.4 is 10.2 Å². The topological polar surface area (TPSA) is 91.7 Å². The standard InChI is InChI=1S/C19H22N4O3S/c1-13(2)12-23-14(3)22-27(25,26)18-9-16(6-7-17(18)23)19(24)21-11-15-5-4-8-20-10-15/h4-10,13H,11-12H2,1-3H3,(H,21,24). The van der Waals surface area contributed by atoms with E-state index in [0.29, 0.717) is 30.5 Å². The molecule has 2 heterocycles. The molecule has 1 aliphatic rings. The highest BCUT2D eigenvalue weighted by molar-refractivity contribution is 7.90. The number of sulfonamides is 1. The summed E-state index contributed by atoms with van der Waals surface area (Å²) in [7, 11) is -3.83. The minimum Gasteiger partial charge on any atom is -0.348 e. The highest BCUT2D eigenvalue weighted by Crippen LogP contribution is 2.33. The van der Waals surface area contributed by atoms with Crippen LogP contribution in [0.1, 0.15) is 36.7 Å². The number of nitrogens with zero attached hydrogens (tertiary/aromatic N) is 3. The molecule has 0 atom stereocenters. The Bertz CT molecular complexity index is 985. The van der Waals surface area contributed by atoms with Crippen molar-refractivity contribution in [1.29, 1.82) is 0 Å². The van der Waals surface area contributed by atoms with E-state index in [1.807, 2.05) is 11.0 Å². The highest BCUT2D eigenvalue weighted by atomic mass is 32.2. The number of amidine groups is 1. The van der Waals surface area contributed by atoms with E-state index in [9.17, 15) is 13.2 Å². The molecule has 0 spiro atoms. The van der Waals surface area contributed by atoms with Crippen LogP contribution in [0, 0.1) is 5.92 Å². The van der Waals surface area contributed by atoms with Gasteiger partial charge in [-0.3, -0.25) is 9.78 Å². The van der Waals surface area contributed by atoms with Crippen LogP contribution in [0.5, 0.6) is 0 Å². The molecule has 0 aliphatic carbocycles. The van der Waals surface area contributed by atoms with E-state index >= 15 is 0 Å². The van der Waals surface area contributed by atoms with Gasteiger partial charge in [-0.25, -0.2) is 0 Å². The van der Waals surface area contributed by atoms with Gasteiger partial charge in [-0.15, -0.1) is 4.40 Å². The summed E-state index contributed by atoms with van der Waals surface area (Å²) in [4.78, 5) is 18.4. The lowest BCUT2D eigenvalue weighted by Crippen LogP contribution is -2.36. The lowest BCUT2D eigenvalue weighted by atomic mass is 10.1. The number of amides is 1. The van der Waals surface area contributed by atoms with Gasteiger partial charge in [0.05, 0.1) is 5.69 Å². The molecule has 0 unspecified atom stereocenters. The van der Waals surface area contributed by atoms with Gasteiger partial charge in [-0.2, -0.15) is 8.42 Å². The number of hydrogen-bond donors (Lipinski definition) is 1. The average molecular weight is 386 g/mol. The maximum absolute atomic E-state index is 12.5. The van der Waals surface area contributed by atoms with Crippen molar-refractivity contribution in [2.24, 2.45) is 10.3 Å². The average Bonchev–Trinajstić information content (AvgIpc) is 2.63. The maximum atomic E-state index is 12.5. The van der Waals surface area contributed by atoms with Crippen molar-refractivity contribution in [3.63, 3.8) is 0 Å². The zero-order valence-electron chi connectivity index (χ0n) is 15.5. The third-order valence-electron chi connectivity index (χ3n) is 4.16. The Morgan fingerprint density at radius 3 is 2.70 bits per heavy atom. The second-order valence-electron chi connectivity index (χ2n) is 6.84. The number of rotatable bonds is 5. The molecule has 1 aromatic heterocycles. The summed E-state index contributed by atoms with van der Waals surface area (Å²) in [5.74, 6) is 0.412. The minimum atomic E-state index is -3.83. The normalized spacial score (nSPS) is 15.3. The number of nitrogens with one attached hydrogen (secondary N) is 1. The molecule has 1 aliphatic heterocycles. The van der Waals surface area contributed by atoms with E-state index < -0.39 is 10.0 Å². The fourth-order valence-electron chi connectivity index (χ4n) is 2.91. The molecule has 7 nitrogen and oxygen atoms in total. The van der Waals surface area contributed by atoms with Gasteiger partial charge >= 0.3 is 0 Å². The van der Waals surface area contributed by atoms with Crippen LogP contribution in [0.3, 0.4) is 0 Å². The Labute approximate surface area is 159 Å². The van der Waals surface area contributed by atoms with E-state index in [4.69, 9.17) is 0 Å². The van der Waals surface area contributed by atoms with Crippen molar-refractivity contribution in [2.45, 2.75) is 32.2 Å². The van der Waals surface area contributed by atoms with Crippen molar-refractivity contribution in [3.8, 4) is 0 Å². The smallest absolute Gasteiger partial charge is 0.286 e. The summed E-state index contributed by atoms with van der Waals surface area (Å²) in [5.41, 5.74) is 1.69. The quantitative estimate of drug-likeness (QED) is 0.853. The molecule has 8 heteroatoms. The number of carbonyl (C=O) groups excluding carboxylic acids is 1. The summed E-state index contributed by atoms with van der Waals surface area (Å²) in [6.45, 7) is 6.74. The third-order valence-corrected chi connectivity index (χ3v) is 5.54. The van der Waals surface area contributed by atoms with Gasteiger partial charge in [0.25, 0.3) is 15.9 Å². The van der Waals surface area contributed by atoms with Crippen molar-refractivity contribution < 1.29 is 13.2 Å². The molecule has 27 heavy (non-hydrogen) atoms. The zero-order chi connectivity index (χ0) is 19.6. The SMILES string of the molecule is CC1=NS(=O)(=O)c2cc(C(=O)NCc3cccnc3)ccc2N1CC(C)C. The van der Waals surface area contributed by atoms with Crippen LogP contribution in [-0.4, -0.2) is 31.7 Å². The lowest BCUT2D eigenvalue weighted by Gasteiger charge is -2.30. The number of benzene rings is 1. The first-order chi connectivity index (χ1) is 12.8. The Balaban J connectivity index is 1.88. The van der Waals surface area contributed by atoms with E-state index in [1.54, 1.807) is 37.5 Å². The van der Waals surface area contributed by atoms with Crippen LogP contribution in [0.2, 0.25) is 0 Å². The van der Waals surface area contributed by atoms with Gasteiger partial charge in [0.2, 0.25) is 0 Å². The van der Waals surface area contributed by atoms with E-state index in [2.05, 4.69) is 28.5 Å². The van der Waals surface area contributed by atoms with E-state index in [0.717, 1.165) is 5.56 Å². The molecule has 142 valence electrons. The van der Waals surface area contributed by atoms with Gasteiger partial charge in [0.1, 0.15) is 10.7 Å². The molecule has 1 N–H and O–H groups in total. The summed E-state index contributed by atoms with van der Waals surface area (Å²) in [6, 6.07) is 8.35. The number of carbonyl (C=O) groups is 1. The minimum absolute atomic E-state index is 0.0581. The largest absolute Gasteiger partial charge is 0.348 e. The molecule has 0 radical (unpaired) electrons. The number of fused-ring (bicyclic) bond motifs is 1. The van der Waals surface area contributed by atoms with Crippen molar-refractivity contribution >= 4 is 27.5 Å². The Kier molecular flexibility index (Phi) is 5.27. The Morgan fingerprint density at radius 2 is 2.04 bits per heavy atom. The number of aromatic nitrogens is 1. The predicted molar refractivity (Wildman–Crippen MR) is 104 cm³/mol.